The molecule has 0 fully saturated rings. The zero-order chi connectivity index (χ0) is 13.9. The Bertz CT molecular complexity index is 732. The number of esters is 1. The summed E-state index contributed by atoms with van der Waals surface area (Å²) in [6, 6.07) is 8.35. The second-order valence-electron chi connectivity index (χ2n) is 4.47. The molecule has 3 rings (SSSR count). The first-order chi connectivity index (χ1) is 9.74. The van der Waals surface area contributed by atoms with Gasteiger partial charge >= 0.3 is 5.97 Å². The molecule has 0 atom stereocenters. The quantitative estimate of drug-likeness (QED) is 0.692. The van der Waals surface area contributed by atoms with E-state index in [1.54, 1.807) is 17.7 Å². The van der Waals surface area contributed by atoms with Gasteiger partial charge in [0.25, 0.3) is 0 Å². The molecular formula is C15H14N2O2S. The maximum Gasteiger partial charge on any atom is 0.302 e. The maximum absolute atomic E-state index is 10.8. The van der Waals surface area contributed by atoms with Gasteiger partial charge in [0.05, 0.1) is 24.1 Å². The summed E-state index contributed by atoms with van der Waals surface area (Å²) in [6.07, 6.45) is 4.42. The Kier molecular flexibility index (Phi) is 3.52. The molecule has 102 valence electrons. The van der Waals surface area contributed by atoms with Gasteiger partial charge in [-0.3, -0.25) is 4.79 Å². The van der Waals surface area contributed by atoms with Crippen molar-refractivity contribution in [2.45, 2.75) is 13.3 Å². The highest BCUT2D eigenvalue weighted by Gasteiger charge is 2.07. The summed E-state index contributed by atoms with van der Waals surface area (Å²) in [6.45, 7) is 1.78. The fraction of sp³-hybridized carbons (Fsp3) is 0.200. The van der Waals surface area contributed by atoms with Crippen LogP contribution in [0.5, 0.6) is 0 Å². The average molecular weight is 286 g/mol. The van der Waals surface area contributed by atoms with E-state index in [1.807, 2.05) is 16.7 Å². The Morgan fingerprint density at radius 3 is 3.10 bits per heavy atom. The van der Waals surface area contributed by atoms with Crippen molar-refractivity contribution in [3.63, 3.8) is 0 Å². The third-order valence-electron chi connectivity index (χ3n) is 3.07. The van der Waals surface area contributed by atoms with Crippen LogP contribution in [0.1, 0.15) is 12.6 Å². The number of carbonyl (C=O) groups excluding carboxylic acids is 1. The molecule has 0 spiro atoms. The van der Waals surface area contributed by atoms with Crippen molar-refractivity contribution >= 4 is 22.8 Å². The van der Waals surface area contributed by atoms with Crippen LogP contribution in [0, 0.1) is 0 Å². The predicted molar refractivity (Wildman–Crippen MR) is 78.8 cm³/mol. The van der Waals surface area contributed by atoms with E-state index >= 15 is 0 Å². The maximum atomic E-state index is 10.8. The fourth-order valence-corrected chi connectivity index (χ4v) is 2.85. The molecule has 0 radical (unpaired) electrons. The molecule has 20 heavy (non-hydrogen) atoms. The van der Waals surface area contributed by atoms with Crippen LogP contribution in [0.25, 0.3) is 16.0 Å². The van der Waals surface area contributed by atoms with Gasteiger partial charge in [0, 0.05) is 24.4 Å². The lowest BCUT2D eigenvalue weighted by Crippen LogP contribution is -2.03. The molecule has 0 aliphatic heterocycles. The van der Waals surface area contributed by atoms with Crippen LogP contribution >= 0.6 is 11.3 Å². The number of hydrogen-bond donors (Lipinski definition) is 0. The highest BCUT2D eigenvalue weighted by atomic mass is 32.1. The summed E-state index contributed by atoms with van der Waals surface area (Å²) >= 11 is 1.72. The number of pyridine rings is 1. The van der Waals surface area contributed by atoms with E-state index in [9.17, 15) is 4.79 Å². The normalized spacial score (nSPS) is 10.8. The Labute approximate surface area is 120 Å². The van der Waals surface area contributed by atoms with Crippen molar-refractivity contribution < 1.29 is 9.53 Å². The van der Waals surface area contributed by atoms with Crippen molar-refractivity contribution in [2.24, 2.45) is 0 Å². The minimum absolute atomic E-state index is 0.257. The number of imidazole rings is 1. The molecule has 0 unspecified atom stereocenters. The standard InChI is InChI=1S/C15H14N2O2S/c1-11(18)19-7-5-13-14-9-12(15-3-2-8-20-15)4-6-17(14)10-16-13/h2-4,6,8-10H,5,7H2,1H3. The lowest BCUT2D eigenvalue weighted by molar-refractivity contribution is -0.140. The van der Waals surface area contributed by atoms with Gasteiger partial charge in [-0.2, -0.15) is 0 Å². The van der Waals surface area contributed by atoms with Crippen LogP contribution < -0.4 is 0 Å². The zero-order valence-corrected chi connectivity index (χ0v) is 11.9. The molecule has 0 saturated heterocycles. The van der Waals surface area contributed by atoms with Gasteiger partial charge < -0.3 is 9.14 Å². The van der Waals surface area contributed by atoms with Gasteiger partial charge in [-0.05, 0) is 29.1 Å². The molecule has 3 aromatic rings. The van der Waals surface area contributed by atoms with Crippen molar-refractivity contribution in [1.82, 2.24) is 9.38 Å². The number of nitrogens with zero attached hydrogens (tertiary/aromatic N) is 2. The lowest BCUT2D eigenvalue weighted by Gasteiger charge is -2.02. The Morgan fingerprint density at radius 2 is 2.35 bits per heavy atom. The second kappa shape index (κ2) is 5.46. The summed E-state index contributed by atoms with van der Waals surface area (Å²) in [5.74, 6) is -0.257. The topological polar surface area (TPSA) is 43.6 Å². The summed E-state index contributed by atoms with van der Waals surface area (Å²) in [5.41, 5.74) is 3.19. The van der Waals surface area contributed by atoms with Crippen molar-refractivity contribution in [3.8, 4) is 10.4 Å². The van der Waals surface area contributed by atoms with Gasteiger partial charge in [-0.15, -0.1) is 11.3 Å². The van der Waals surface area contributed by atoms with Crippen molar-refractivity contribution in [3.05, 3.63) is 47.9 Å². The minimum Gasteiger partial charge on any atom is -0.465 e. The van der Waals surface area contributed by atoms with E-state index in [0.29, 0.717) is 13.0 Å². The Hall–Kier alpha value is -2.14. The zero-order valence-electron chi connectivity index (χ0n) is 11.1. The van der Waals surface area contributed by atoms with E-state index in [-0.39, 0.29) is 5.97 Å². The number of ether oxygens (including phenoxy) is 1. The van der Waals surface area contributed by atoms with Gasteiger partial charge in [0.1, 0.15) is 0 Å². The molecule has 3 heterocycles. The smallest absolute Gasteiger partial charge is 0.302 e. The van der Waals surface area contributed by atoms with Crippen LogP contribution in [0.4, 0.5) is 0 Å². The monoisotopic (exact) mass is 286 g/mol. The number of hydrogen-bond acceptors (Lipinski definition) is 4. The van der Waals surface area contributed by atoms with Gasteiger partial charge in [-0.25, -0.2) is 4.98 Å². The fourth-order valence-electron chi connectivity index (χ4n) is 2.12. The first-order valence-corrected chi connectivity index (χ1v) is 7.25. The molecule has 0 saturated carbocycles. The van der Waals surface area contributed by atoms with E-state index in [2.05, 4.69) is 28.6 Å². The number of rotatable bonds is 4. The van der Waals surface area contributed by atoms with Crippen LogP contribution in [0.15, 0.2) is 42.2 Å². The largest absolute Gasteiger partial charge is 0.465 e. The van der Waals surface area contributed by atoms with Crippen LogP contribution in [0.3, 0.4) is 0 Å². The van der Waals surface area contributed by atoms with E-state index in [4.69, 9.17) is 4.74 Å². The van der Waals surface area contributed by atoms with Gasteiger partial charge in [0.15, 0.2) is 0 Å². The number of carbonyl (C=O) groups is 1. The molecule has 4 nitrogen and oxygen atoms in total. The number of thiophene rings is 1. The molecular weight excluding hydrogens is 272 g/mol. The molecule has 0 aromatic carbocycles. The average Bonchev–Trinajstić information content (AvgIpc) is 3.07. The number of aromatic nitrogens is 2. The highest BCUT2D eigenvalue weighted by Crippen LogP contribution is 2.26. The first kappa shape index (κ1) is 12.9. The third-order valence-corrected chi connectivity index (χ3v) is 3.99. The summed E-state index contributed by atoms with van der Waals surface area (Å²) in [7, 11) is 0. The molecule has 0 amide bonds. The third kappa shape index (κ3) is 2.58. The van der Waals surface area contributed by atoms with Crippen LogP contribution in [-0.2, 0) is 16.0 Å². The highest BCUT2D eigenvalue weighted by molar-refractivity contribution is 7.13. The summed E-state index contributed by atoms with van der Waals surface area (Å²) in [5, 5.41) is 2.07. The van der Waals surface area contributed by atoms with E-state index < -0.39 is 0 Å². The SMILES string of the molecule is CC(=O)OCCc1ncn2ccc(-c3cccs3)cc12. The molecule has 0 aliphatic rings. The summed E-state index contributed by atoms with van der Waals surface area (Å²) < 4.78 is 6.97. The van der Waals surface area contributed by atoms with Crippen molar-refractivity contribution in [2.75, 3.05) is 6.61 Å². The molecule has 3 aromatic heterocycles. The van der Waals surface area contributed by atoms with E-state index in [1.165, 1.54) is 17.4 Å². The minimum atomic E-state index is -0.257. The summed E-state index contributed by atoms with van der Waals surface area (Å²) in [4.78, 5) is 16.4. The van der Waals surface area contributed by atoms with Crippen LogP contribution in [0.2, 0.25) is 0 Å². The first-order valence-electron chi connectivity index (χ1n) is 6.37. The Morgan fingerprint density at radius 1 is 1.45 bits per heavy atom. The predicted octanol–water partition coefficient (Wildman–Crippen LogP) is 3.17. The second-order valence-corrected chi connectivity index (χ2v) is 5.41. The molecule has 0 bridgehead atoms. The Balaban J connectivity index is 1.89. The van der Waals surface area contributed by atoms with Gasteiger partial charge in [-0.1, -0.05) is 6.07 Å². The molecule has 5 heteroatoms. The van der Waals surface area contributed by atoms with Crippen molar-refractivity contribution in [1.29, 1.82) is 0 Å². The molecule has 0 aliphatic carbocycles. The van der Waals surface area contributed by atoms with Gasteiger partial charge in [0.2, 0.25) is 0 Å². The lowest BCUT2D eigenvalue weighted by atomic mass is 10.2. The number of fused-ring (bicyclic) bond motifs is 1. The van der Waals surface area contributed by atoms with Crippen LogP contribution in [-0.4, -0.2) is 22.0 Å². The molecule has 0 N–H and O–H groups in total. The van der Waals surface area contributed by atoms with E-state index in [0.717, 1.165) is 11.2 Å².